The van der Waals surface area contributed by atoms with E-state index in [1.165, 1.54) is 31.4 Å². The summed E-state index contributed by atoms with van der Waals surface area (Å²) in [6.45, 7) is 0. The van der Waals surface area contributed by atoms with E-state index in [2.05, 4.69) is 28.7 Å². The highest BCUT2D eigenvalue weighted by molar-refractivity contribution is 7.99. The summed E-state index contributed by atoms with van der Waals surface area (Å²) in [4.78, 5) is 4.41. The topological polar surface area (TPSA) is 24.9 Å². The molecule has 2 atom stereocenters. The highest BCUT2D eigenvalue weighted by Crippen LogP contribution is 2.32. The van der Waals surface area contributed by atoms with Gasteiger partial charge in [-0.15, -0.1) is 0 Å². The summed E-state index contributed by atoms with van der Waals surface area (Å²) in [7, 11) is 0. The Labute approximate surface area is 129 Å². The van der Waals surface area contributed by atoms with Crippen molar-refractivity contribution >= 4 is 40.0 Å². The Morgan fingerprint density at radius 1 is 1.25 bits per heavy atom. The SMILES string of the molecule is CSC1CCCCC1Nc1ccnc2cc(Cl)ccc12. The molecule has 2 nitrogen and oxygen atoms in total. The fourth-order valence-corrected chi connectivity index (χ4v) is 4.09. The number of halogens is 1. The van der Waals surface area contributed by atoms with Gasteiger partial charge in [0.2, 0.25) is 0 Å². The molecule has 106 valence electrons. The molecule has 1 N–H and O–H groups in total. The molecular weight excluding hydrogens is 288 g/mol. The van der Waals surface area contributed by atoms with Crippen LogP contribution in [0.4, 0.5) is 5.69 Å². The molecule has 0 saturated heterocycles. The van der Waals surface area contributed by atoms with Crippen molar-refractivity contribution in [3.8, 4) is 0 Å². The van der Waals surface area contributed by atoms with Crippen molar-refractivity contribution in [3.63, 3.8) is 0 Å². The molecule has 20 heavy (non-hydrogen) atoms. The summed E-state index contributed by atoms with van der Waals surface area (Å²) in [6, 6.07) is 8.55. The lowest BCUT2D eigenvalue weighted by atomic mass is 9.94. The number of rotatable bonds is 3. The van der Waals surface area contributed by atoms with Crippen LogP contribution in [0.15, 0.2) is 30.5 Å². The third kappa shape index (κ3) is 2.89. The molecule has 0 aliphatic heterocycles. The second-order valence-electron chi connectivity index (χ2n) is 5.33. The number of nitrogens with zero attached hydrogens (tertiary/aromatic N) is 1. The number of anilines is 1. The normalized spacial score (nSPS) is 22.9. The van der Waals surface area contributed by atoms with Crippen molar-refractivity contribution in [1.82, 2.24) is 4.98 Å². The van der Waals surface area contributed by atoms with E-state index in [4.69, 9.17) is 11.6 Å². The molecule has 1 aromatic carbocycles. The third-order valence-corrected chi connectivity index (χ3v) is 5.46. The van der Waals surface area contributed by atoms with E-state index in [1.54, 1.807) is 0 Å². The van der Waals surface area contributed by atoms with Crippen LogP contribution in [0.1, 0.15) is 25.7 Å². The number of thioether (sulfide) groups is 1. The van der Waals surface area contributed by atoms with Crippen LogP contribution in [-0.2, 0) is 0 Å². The predicted molar refractivity (Wildman–Crippen MR) is 89.9 cm³/mol. The van der Waals surface area contributed by atoms with E-state index in [-0.39, 0.29) is 0 Å². The number of benzene rings is 1. The van der Waals surface area contributed by atoms with Crippen molar-refractivity contribution < 1.29 is 0 Å². The average molecular weight is 307 g/mol. The lowest BCUT2D eigenvalue weighted by Crippen LogP contribution is -2.34. The molecule has 1 saturated carbocycles. The van der Waals surface area contributed by atoms with E-state index in [0.717, 1.165) is 15.9 Å². The number of nitrogens with one attached hydrogen (secondary N) is 1. The van der Waals surface area contributed by atoms with Crippen molar-refractivity contribution in [2.75, 3.05) is 11.6 Å². The van der Waals surface area contributed by atoms with E-state index < -0.39 is 0 Å². The van der Waals surface area contributed by atoms with Gasteiger partial charge >= 0.3 is 0 Å². The first-order valence-electron chi connectivity index (χ1n) is 7.11. The van der Waals surface area contributed by atoms with Crippen LogP contribution in [0.2, 0.25) is 5.02 Å². The minimum Gasteiger partial charge on any atom is -0.381 e. The number of fused-ring (bicyclic) bond motifs is 1. The minimum absolute atomic E-state index is 0.556. The summed E-state index contributed by atoms with van der Waals surface area (Å²) >= 11 is 8.03. The zero-order valence-electron chi connectivity index (χ0n) is 11.6. The monoisotopic (exact) mass is 306 g/mol. The first-order valence-corrected chi connectivity index (χ1v) is 8.78. The lowest BCUT2D eigenvalue weighted by Gasteiger charge is -2.32. The van der Waals surface area contributed by atoms with E-state index in [0.29, 0.717) is 11.3 Å². The lowest BCUT2D eigenvalue weighted by molar-refractivity contribution is 0.475. The second-order valence-corrected chi connectivity index (χ2v) is 6.84. The second kappa shape index (κ2) is 6.23. The van der Waals surface area contributed by atoms with Gasteiger partial charge in [0, 0.05) is 33.6 Å². The van der Waals surface area contributed by atoms with Gasteiger partial charge in [-0.3, -0.25) is 4.98 Å². The van der Waals surface area contributed by atoms with E-state index >= 15 is 0 Å². The Hall–Kier alpha value is -0.930. The summed E-state index contributed by atoms with van der Waals surface area (Å²) in [5.74, 6) is 0. The van der Waals surface area contributed by atoms with Crippen LogP contribution in [-0.4, -0.2) is 22.5 Å². The van der Waals surface area contributed by atoms with Crippen LogP contribution >= 0.6 is 23.4 Å². The van der Waals surface area contributed by atoms with Gasteiger partial charge < -0.3 is 5.32 Å². The van der Waals surface area contributed by atoms with Gasteiger partial charge in [-0.25, -0.2) is 0 Å². The number of pyridine rings is 1. The van der Waals surface area contributed by atoms with Crippen LogP contribution in [0.3, 0.4) is 0 Å². The fourth-order valence-electron chi connectivity index (χ4n) is 2.99. The highest BCUT2D eigenvalue weighted by Gasteiger charge is 2.24. The quantitative estimate of drug-likeness (QED) is 0.866. The van der Waals surface area contributed by atoms with Crippen molar-refractivity contribution in [1.29, 1.82) is 0 Å². The maximum Gasteiger partial charge on any atom is 0.0737 e. The summed E-state index contributed by atoms with van der Waals surface area (Å²) < 4.78 is 0. The van der Waals surface area contributed by atoms with Gasteiger partial charge in [0.15, 0.2) is 0 Å². The maximum absolute atomic E-state index is 6.04. The largest absolute Gasteiger partial charge is 0.381 e. The van der Waals surface area contributed by atoms with Gasteiger partial charge in [-0.2, -0.15) is 11.8 Å². The van der Waals surface area contributed by atoms with Crippen molar-refractivity contribution in [2.45, 2.75) is 37.0 Å². The smallest absolute Gasteiger partial charge is 0.0737 e. The molecular formula is C16H19ClN2S. The molecule has 1 aliphatic rings. The molecule has 0 bridgehead atoms. The van der Waals surface area contributed by atoms with Crippen LogP contribution < -0.4 is 5.32 Å². The highest BCUT2D eigenvalue weighted by atomic mass is 35.5. The molecule has 1 fully saturated rings. The van der Waals surface area contributed by atoms with Gasteiger partial charge in [-0.05, 0) is 43.4 Å². The molecule has 0 radical (unpaired) electrons. The molecule has 1 aromatic heterocycles. The Morgan fingerprint density at radius 2 is 2.10 bits per heavy atom. The first kappa shape index (κ1) is 14.0. The van der Waals surface area contributed by atoms with Crippen molar-refractivity contribution in [2.24, 2.45) is 0 Å². The summed E-state index contributed by atoms with van der Waals surface area (Å²) in [5, 5.41) is 6.34. The number of aromatic nitrogens is 1. The molecule has 1 heterocycles. The fraction of sp³-hybridized carbons (Fsp3) is 0.438. The van der Waals surface area contributed by atoms with Crippen LogP contribution in [0.25, 0.3) is 10.9 Å². The molecule has 4 heteroatoms. The minimum atomic E-state index is 0.556. The first-order chi connectivity index (χ1) is 9.78. The number of hydrogen-bond donors (Lipinski definition) is 1. The molecule has 2 unspecified atom stereocenters. The molecule has 2 aromatic rings. The predicted octanol–water partition coefficient (Wildman–Crippen LogP) is 4.97. The molecule has 3 rings (SSSR count). The van der Waals surface area contributed by atoms with Crippen LogP contribution in [0, 0.1) is 0 Å². The Balaban J connectivity index is 1.90. The molecule has 0 spiro atoms. The van der Waals surface area contributed by atoms with E-state index in [9.17, 15) is 0 Å². The van der Waals surface area contributed by atoms with Gasteiger partial charge in [0.05, 0.1) is 5.52 Å². The Kier molecular flexibility index (Phi) is 4.37. The Bertz CT molecular complexity index is 602. The Morgan fingerprint density at radius 3 is 2.95 bits per heavy atom. The maximum atomic E-state index is 6.04. The molecule has 1 aliphatic carbocycles. The number of hydrogen-bond acceptors (Lipinski definition) is 3. The average Bonchev–Trinajstić information content (AvgIpc) is 2.47. The third-order valence-electron chi connectivity index (χ3n) is 4.05. The zero-order valence-corrected chi connectivity index (χ0v) is 13.2. The summed E-state index contributed by atoms with van der Waals surface area (Å²) in [5.41, 5.74) is 2.14. The van der Waals surface area contributed by atoms with Gasteiger partial charge in [0.25, 0.3) is 0 Å². The van der Waals surface area contributed by atoms with Crippen LogP contribution in [0.5, 0.6) is 0 Å². The zero-order chi connectivity index (χ0) is 13.9. The van der Waals surface area contributed by atoms with Crippen molar-refractivity contribution in [3.05, 3.63) is 35.5 Å². The van der Waals surface area contributed by atoms with E-state index in [1.807, 2.05) is 30.1 Å². The van der Waals surface area contributed by atoms with Gasteiger partial charge in [-0.1, -0.05) is 24.4 Å². The molecule has 0 amide bonds. The standard InChI is InChI=1S/C16H19ClN2S/c1-20-16-5-3-2-4-14(16)19-13-8-9-18-15-10-11(17)6-7-12(13)15/h6-10,14,16H,2-5H2,1H3,(H,18,19). The van der Waals surface area contributed by atoms with Gasteiger partial charge in [0.1, 0.15) is 0 Å². The summed E-state index contributed by atoms with van der Waals surface area (Å²) in [6.07, 6.45) is 9.32.